The highest BCUT2D eigenvalue weighted by Gasteiger charge is 2.19. The Kier molecular flexibility index (Phi) is 5.05. The Morgan fingerprint density at radius 1 is 1.11 bits per heavy atom. The van der Waals surface area contributed by atoms with Gasteiger partial charge in [0.2, 0.25) is 0 Å². The third-order valence-electron chi connectivity index (χ3n) is 2.63. The van der Waals surface area contributed by atoms with Gasteiger partial charge in [-0.3, -0.25) is 4.79 Å². The topological polar surface area (TPSA) is 37.3 Å². The molecule has 98 valence electrons. The molecule has 0 bridgehead atoms. The van der Waals surface area contributed by atoms with Crippen LogP contribution in [0.15, 0.2) is 64.0 Å². The van der Waals surface area contributed by atoms with Gasteiger partial charge >= 0.3 is 5.97 Å². The van der Waals surface area contributed by atoms with Crippen LogP contribution in [0.2, 0.25) is 0 Å². The molecule has 0 unspecified atom stereocenters. The number of rotatable bonds is 5. The maximum absolute atomic E-state index is 11.3. The molecule has 0 aliphatic heterocycles. The first-order chi connectivity index (χ1) is 9.15. The Labute approximate surface area is 125 Å². The molecule has 4 heteroatoms. The summed E-state index contributed by atoms with van der Waals surface area (Å²) in [5.74, 6) is -0.781. The van der Waals surface area contributed by atoms with Crippen molar-refractivity contribution in [3.05, 3.63) is 64.6 Å². The van der Waals surface area contributed by atoms with Gasteiger partial charge < -0.3 is 5.11 Å². The summed E-state index contributed by atoms with van der Waals surface area (Å²) in [6.07, 6.45) is 0.516. The molecule has 0 radical (unpaired) electrons. The monoisotopic (exact) mass is 336 g/mol. The lowest BCUT2D eigenvalue weighted by molar-refractivity contribution is -0.136. The second kappa shape index (κ2) is 6.78. The third kappa shape index (κ3) is 4.40. The molecule has 0 heterocycles. The van der Waals surface area contributed by atoms with Gasteiger partial charge in [0.15, 0.2) is 0 Å². The van der Waals surface area contributed by atoms with Gasteiger partial charge in [0, 0.05) is 9.37 Å². The largest absolute Gasteiger partial charge is 0.480 e. The SMILES string of the molecule is O=C(O)[C@H](Cc1ccc(Br)cc1)Sc1ccccc1. The summed E-state index contributed by atoms with van der Waals surface area (Å²) in [5.41, 5.74) is 1.03. The van der Waals surface area contributed by atoms with E-state index in [9.17, 15) is 9.90 Å². The van der Waals surface area contributed by atoms with Crippen molar-refractivity contribution in [2.75, 3.05) is 0 Å². The van der Waals surface area contributed by atoms with Crippen LogP contribution in [0.3, 0.4) is 0 Å². The number of carboxylic acid groups (broad SMARTS) is 1. The van der Waals surface area contributed by atoms with Crippen molar-refractivity contribution < 1.29 is 9.90 Å². The lowest BCUT2D eigenvalue weighted by Gasteiger charge is -2.12. The van der Waals surface area contributed by atoms with Crippen molar-refractivity contribution in [3.63, 3.8) is 0 Å². The first-order valence-corrected chi connectivity index (χ1v) is 7.51. The van der Waals surface area contributed by atoms with Crippen LogP contribution in [0.1, 0.15) is 5.56 Å². The van der Waals surface area contributed by atoms with Crippen LogP contribution in [-0.4, -0.2) is 16.3 Å². The molecular formula is C15H13BrO2S. The van der Waals surface area contributed by atoms with Crippen molar-refractivity contribution in [3.8, 4) is 0 Å². The fourth-order valence-corrected chi connectivity index (χ4v) is 2.96. The van der Waals surface area contributed by atoms with Gasteiger partial charge in [-0.15, -0.1) is 11.8 Å². The van der Waals surface area contributed by atoms with E-state index in [-0.39, 0.29) is 0 Å². The van der Waals surface area contributed by atoms with E-state index in [0.717, 1.165) is 14.9 Å². The summed E-state index contributed by atoms with van der Waals surface area (Å²) in [4.78, 5) is 12.3. The highest BCUT2D eigenvalue weighted by atomic mass is 79.9. The van der Waals surface area contributed by atoms with Crippen molar-refractivity contribution in [2.45, 2.75) is 16.6 Å². The molecule has 0 aliphatic rings. The average molecular weight is 337 g/mol. The molecule has 0 saturated carbocycles. The second-order valence-electron chi connectivity index (χ2n) is 4.09. The minimum Gasteiger partial charge on any atom is -0.480 e. The van der Waals surface area contributed by atoms with E-state index in [1.165, 1.54) is 11.8 Å². The Balaban J connectivity index is 2.08. The van der Waals surface area contributed by atoms with Crippen molar-refractivity contribution in [1.29, 1.82) is 0 Å². The normalized spacial score (nSPS) is 12.1. The summed E-state index contributed by atoms with van der Waals surface area (Å²) in [6.45, 7) is 0. The van der Waals surface area contributed by atoms with E-state index >= 15 is 0 Å². The number of thioether (sulfide) groups is 1. The highest BCUT2D eigenvalue weighted by molar-refractivity contribution is 9.10. The van der Waals surface area contributed by atoms with Crippen molar-refractivity contribution >= 4 is 33.7 Å². The lowest BCUT2D eigenvalue weighted by Crippen LogP contribution is -2.19. The molecule has 0 amide bonds. The van der Waals surface area contributed by atoms with E-state index in [0.29, 0.717) is 6.42 Å². The molecule has 0 aliphatic carbocycles. The summed E-state index contributed by atoms with van der Waals surface area (Å²) in [7, 11) is 0. The van der Waals surface area contributed by atoms with Gasteiger partial charge in [-0.05, 0) is 36.2 Å². The Bertz CT molecular complexity index is 540. The zero-order chi connectivity index (χ0) is 13.7. The molecule has 2 aromatic carbocycles. The van der Waals surface area contributed by atoms with Gasteiger partial charge in [-0.2, -0.15) is 0 Å². The van der Waals surface area contributed by atoms with Crippen LogP contribution in [0.4, 0.5) is 0 Å². The van der Waals surface area contributed by atoms with Crippen molar-refractivity contribution in [1.82, 2.24) is 0 Å². The number of carboxylic acids is 1. The molecular weight excluding hydrogens is 324 g/mol. The molecule has 2 rings (SSSR count). The molecule has 2 aromatic rings. The van der Waals surface area contributed by atoms with E-state index in [1.807, 2.05) is 54.6 Å². The fraction of sp³-hybridized carbons (Fsp3) is 0.133. The van der Waals surface area contributed by atoms with E-state index < -0.39 is 11.2 Å². The lowest BCUT2D eigenvalue weighted by atomic mass is 10.1. The number of carbonyl (C=O) groups is 1. The van der Waals surface area contributed by atoms with Crippen LogP contribution in [0.5, 0.6) is 0 Å². The molecule has 1 N–H and O–H groups in total. The molecule has 0 fully saturated rings. The smallest absolute Gasteiger partial charge is 0.317 e. The molecule has 0 aromatic heterocycles. The average Bonchev–Trinajstić information content (AvgIpc) is 2.41. The number of halogens is 1. The second-order valence-corrected chi connectivity index (χ2v) is 6.28. The maximum atomic E-state index is 11.3. The highest BCUT2D eigenvalue weighted by Crippen LogP contribution is 2.26. The number of aliphatic carboxylic acids is 1. The van der Waals surface area contributed by atoms with Gasteiger partial charge in [0.05, 0.1) is 0 Å². The van der Waals surface area contributed by atoms with E-state index in [1.54, 1.807) is 0 Å². The Morgan fingerprint density at radius 2 is 1.74 bits per heavy atom. The van der Waals surface area contributed by atoms with Crippen LogP contribution in [0.25, 0.3) is 0 Å². The van der Waals surface area contributed by atoms with E-state index in [4.69, 9.17) is 0 Å². The van der Waals surface area contributed by atoms with Crippen molar-refractivity contribution in [2.24, 2.45) is 0 Å². The zero-order valence-corrected chi connectivity index (χ0v) is 12.5. The predicted octanol–water partition coefficient (Wildman–Crippen LogP) is 4.24. The summed E-state index contributed by atoms with van der Waals surface area (Å²) in [6, 6.07) is 17.4. The zero-order valence-electron chi connectivity index (χ0n) is 10.1. The molecule has 19 heavy (non-hydrogen) atoms. The number of benzene rings is 2. The predicted molar refractivity (Wildman–Crippen MR) is 81.6 cm³/mol. The number of hydrogen-bond donors (Lipinski definition) is 1. The van der Waals surface area contributed by atoms with Gasteiger partial charge in [-0.25, -0.2) is 0 Å². The quantitative estimate of drug-likeness (QED) is 0.830. The van der Waals surface area contributed by atoms with Gasteiger partial charge in [-0.1, -0.05) is 46.3 Å². The third-order valence-corrected chi connectivity index (χ3v) is 4.36. The van der Waals surface area contributed by atoms with Gasteiger partial charge in [0.25, 0.3) is 0 Å². The van der Waals surface area contributed by atoms with Gasteiger partial charge in [0.1, 0.15) is 5.25 Å². The van der Waals surface area contributed by atoms with Crippen LogP contribution in [-0.2, 0) is 11.2 Å². The molecule has 2 nitrogen and oxygen atoms in total. The van der Waals surface area contributed by atoms with Crippen LogP contribution < -0.4 is 0 Å². The number of hydrogen-bond acceptors (Lipinski definition) is 2. The molecule has 0 spiro atoms. The maximum Gasteiger partial charge on any atom is 0.317 e. The first kappa shape index (κ1) is 14.2. The molecule has 0 saturated heterocycles. The summed E-state index contributed by atoms with van der Waals surface area (Å²) >= 11 is 4.76. The Hall–Kier alpha value is -1.26. The summed E-state index contributed by atoms with van der Waals surface area (Å²) < 4.78 is 0.999. The minimum atomic E-state index is -0.781. The first-order valence-electron chi connectivity index (χ1n) is 5.84. The van der Waals surface area contributed by atoms with Crippen LogP contribution >= 0.6 is 27.7 Å². The Morgan fingerprint density at radius 3 is 2.32 bits per heavy atom. The summed E-state index contributed by atoms with van der Waals surface area (Å²) in [5, 5.41) is 8.85. The minimum absolute atomic E-state index is 0.469. The fourth-order valence-electron chi connectivity index (χ4n) is 1.68. The molecule has 1 atom stereocenters. The van der Waals surface area contributed by atoms with Crippen LogP contribution in [0, 0.1) is 0 Å². The van der Waals surface area contributed by atoms with E-state index in [2.05, 4.69) is 15.9 Å². The standard InChI is InChI=1S/C15H13BrO2S/c16-12-8-6-11(7-9-12)10-14(15(17)18)19-13-4-2-1-3-5-13/h1-9,14H,10H2,(H,17,18)/t14-/m0/s1.